The van der Waals surface area contributed by atoms with Crippen molar-refractivity contribution >= 4 is 0 Å². The molecule has 1 N–H and O–H groups in total. The minimum atomic E-state index is 0.388. The quantitative estimate of drug-likeness (QED) is 0.869. The van der Waals surface area contributed by atoms with Crippen molar-refractivity contribution < 1.29 is 9.47 Å². The fraction of sp³-hybridized carbons (Fsp3) is 0.571. The fourth-order valence-corrected chi connectivity index (χ4v) is 2.57. The zero-order valence-corrected chi connectivity index (χ0v) is 10.6. The van der Waals surface area contributed by atoms with Crippen LogP contribution in [0, 0.1) is 5.92 Å². The molecule has 3 nitrogen and oxygen atoms in total. The Morgan fingerprint density at radius 1 is 1.35 bits per heavy atom. The molecule has 0 bridgehead atoms. The van der Waals surface area contributed by atoms with E-state index in [0.29, 0.717) is 12.0 Å². The molecule has 1 aromatic carbocycles. The summed E-state index contributed by atoms with van der Waals surface area (Å²) in [7, 11) is 3.48. The van der Waals surface area contributed by atoms with Gasteiger partial charge in [0.05, 0.1) is 13.7 Å². The van der Waals surface area contributed by atoms with E-state index < -0.39 is 0 Å². The van der Waals surface area contributed by atoms with Crippen LogP contribution >= 0.6 is 0 Å². The molecule has 1 aliphatic rings. The summed E-state index contributed by atoms with van der Waals surface area (Å²) in [6.45, 7) is 1.90. The van der Waals surface area contributed by atoms with Crippen LogP contribution in [0.25, 0.3) is 0 Å². The first-order valence-electron chi connectivity index (χ1n) is 6.21. The van der Waals surface area contributed by atoms with E-state index in [1.54, 1.807) is 14.2 Å². The molecule has 2 rings (SSSR count). The molecule has 1 aromatic rings. The van der Waals surface area contributed by atoms with Crippen LogP contribution in [-0.4, -0.2) is 27.4 Å². The molecule has 1 fully saturated rings. The van der Waals surface area contributed by atoms with E-state index in [9.17, 15) is 0 Å². The Morgan fingerprint density at radius 2 is 2.24 bits per heavy atom. The summed E-state index contributed by atoms with van der Waals surface area (Å²) in [4.78, 5) is 0. The third-order valence-corrected chi connectivity index (χ3v) is 3.42. The van der Waals surface area contributed by atoms with E-state index >= 15 is 0 Å². The third-order valence-electron chi connectivity index (χ3n) is 3.42. The molecule has 1 heterocycles. The summed E-state index contributed by atoms with van der Waals surface area (Å²) >= 11 is 0. The van der Waals surface area contributed by atoms with Crippen LogP contribution in [0.1, 0.15) is 24.4 Å². The Hall–Kier alpha value is -1.06. The Balaban J connectivity index is 2.16. The summed E-state index contributed by atoms with van der Waals surface area (Å²) in [5, 5.41) is 3.59. The van der Waals surface area contributed by atoms with E-state index in [4.69, 9.17) is 9.47 Å². The van der Waals surface area contributed by atoms with Crippen molar-refractivity contribution in [1.29, 1.82) is 0 Å². The number of methoxy groups -OCH3 is 2. The zero-order valence-electron chi connectivity index (χ0n) is 10.6. The molecule has 94 valence electrons. The van der Waals surface area contributed by atoms with E-state index in [2.05, 4.69) is 17.4 Å². The molecule has 0 amide bonds. The Labute approximate surface area is 103 Å². The molecule has 3 heteroatoms. The molecule has 2 unspecified atom stereocenters. The maximum atomic E-state index is 5.32. The summed E-state index contributed by atoms with van der Waals surface area (Å²) < 4.78 is 10.6. The lowest BCUT2D eigenvalue weighted by molar-refractivity contribution is 0.112. The van der Waals surface area contributed by atoms with Gasteiger partial charge in [0.15, 0.2) is 0 Å². The zero-order chi connectivity index (χ0) is 12.1. The van der Waals surface area contributed by atoms with Gasteiger partial charge in [-0.2, -0.15) is 0 Å². The molecule has 1 saturated heterocycles. The van der Waals surface area contributed by atoms with Crippen molar-refractivity contribution in [2.75, 3.05) is 27.4 Å². The van der Waals surface area contributed by atoms with Crippen molar-refractivity contribution in [2.24, 2.45) is 5.92 Å². The molecule has 17 heavy (non-hydrogen) atoms. The Kier molecular flexibility index (Phi) is 4.40. The van der Waals surface area contributed by atoms with Crippen LogP contribution in [0.3, 0.4) is 0 Å². The number of piperidine rings is 1. The van der Waals surface area contributed by atoms with Crippen LogP contribution in [0.2, 0.25) is 0 Å². The highest BCUT2D eigenvalue weighted by atomic mass is 16.5. The normalized spacial score (nSPS) is 24.6. The van der Waals surface area contributed by atoms with Gasteiger partial charge < -0.3 is 14.8 Å². The van der Waals surface area contributed by atoms with E-state index in [-0.39, 0.29) is 0 Å². The standard InChI is InChI=1S/C14H21NO2/c1-16-10-12-6-4-8-15-14(12)11-5-3-7-13(9-11)17-2/h3,5,7,9,12,14-15H,4,6,8,10H2,1-2H3. The molecular formula is C14H21NO2. The highest BCUT2D eigenvalue weighted by Crippen LogP contribution is 2.31. The van der Waals surface area contributed by atoms with Gasteiger partial charge >= 0.3 is 0 Å². The van der Waals surface area contributed by atoms with Crippen LogP contribution in [0.4, 0.5) is 0 Å². The monoisotopic (exact) mass is 235 g/mol. The molecular weight excluding hydrogens is 214 g/mol. The van der Waals surface area contributed by atoms with Crippen LogP contribution < -0.4 is 10.1 Å². The highest BCUT2D eigenvalue weighted by molar-refractivity contribution is 5.31. The van der Waals surface area contributed by atoms with Crippen LogP contribution in [0.15, 0.2) is 24.3 Å². The number of benzene rings is 1. The largest absolute Gasteiger partial charge is 0.497 e. The highest BCUT2D eigenvalue weighted by Gasteiger charge is 2.26. The van der Waals surface area contributed by atoms with E-state index in [1.165, 1.54) is 18.4 Å². The van der Waals surface area contributed by atoms with Crippen molar-refractivity contribution in [3.63, 3.8) is 0 Å². The van der Waals surface area contributed by atoms with Gasteiger partial charge in [-0.25, -0.2) is 0 Å². The maximum absolute atomic E-state index is 5.32. The predicted molar refractivity (Wildman–Crippen MR) is 68.3 cm³/mol. The van der Waals surface area contributed by atoms with Crippen molar-refractivity contribution in [2.45, 2.75) is 18.9 Å². The minimum absolute atomic E-state index is 0.388. The lowest BCUT2D eigenvalue weighted by Crippen LogP contribution is -2.36. The maximum Gasteiger partial charge on any atom is 0.119 e. The topological polar surface area (TPSA) is 30.5 Å². The number of hydrogen-bond donors (Lipinski definition) is 1. The summed E-state index contributed by atoms with van der Waals surface area (Å²) in [6, 6.07) is 8.70. The first-order valence-corrected chi connectivity index (χ1v) is 6.21. The number of ether oxygens (including phenoxy) is 2. The van der Waals surface area contributed by atoms with Gasteiger partial charge in [-0.05, 0) is 37.1 Å². The van der Waals surface area contributed by atoms with Gasteiger partial charge in [0.2, 0.25) is 0 Å². The van der Waals surface area contributed by atoms with Crippen molar-refractivity contribution in [3.05, 3.63) is 29.8 Å². The van der Waals surface area contributed by atoms with E-state index in [0.717, 1.165) is 18.9 Å². The molecule has 0 spiro atoms. The smallest absolute Gasteiger partial charge is 0.119 e. The fourth-order valence-electron chi connectivity index (χ4n) is 2.57. The van der Waals surface area contributed by atoms with Crippen LogP contribution in [0.5, 0.6) is 5.75 Å². The Morgan fingerprint density at radius 3 is 3.00 bits per heavy atom. The summed E-state index contributed by atoms with van der Waals surface area (Å²) in [6.07, 6.45) is 2.46. The average Bonchev–Trinajstić information content (AvgIpc) is 2.40. The lowest BCUT2D eigenvalue weighted by Gasteiger charge is -2.32. The summed E-state index contributed by atoms with van der Waals surface area (Å²) in [5.74, 6) is 1.48. The first-order chi connectivity index (χ1) is 8.35. The van der Waals surface area contributed by atoms with Gasteiger partial charge in [0.25, 0.3) is 0 Å². The number of hydrogen-bond acceptors (Lipinski definition) is 3. The SMILES string of the molecule is COCC1CCCNC1c1cccc(OC)c1. The molecule has 0 aliphatic carbocycles. The summed E-state index contributed by atoms with van der Waals surface area (Å²) in [5.41, 5.74) is 1.30. The molecule has 1 aliphatic heterocycles. The van der Waals surface area contributed by atoms with Gasteiger partial charge in [0, 0.05) is 19.1 Å². The van der Waals surface area contributed by atoms with Crippen molar-refractivity contribution in [3.8, 4) is 5.75 Å². The average molecular weight is 235 g/mol. The number of nitrogens with one attached hydrogen (secondary N) is 1. The second kappa shape index (κ2) is 6.03. The molecule has 0 saturated carbocycles. The second-order valence-electron chi connectivity index (χ2n) is 4.57. The molecule has 0 aromatic heterocycles. The molecule has 2 atom stereocenters. The van der Waals surface area contributed by atoms with Crippen molar-refractivity contribution in [1.82, 2.24) is 5.32 Å². The Bertz CT molecular complexity index is 352. The molecule has 0 radical (unpaired) electrons. The van der Waals surface area contributed by atoms with Crippen LogP contribution in [-0.2, 0) is 4.74 Å². The van der Waals surface area contributed by atoms with Gasteiger partial charge in [-0.1, -0.05) is 12.1 Å². The van der Waals surface area contributed by atoms with Gasteiger partial charge in [0.1, 0.15) is 5.75 Å². The first kappa shape index (κ1) is 12.4. The third kappa shape index (κ3) is 2.99. The number of rotatable bonds is 4. The second-order valence-corrected chi connectivity index (χ2v) is 4.57. The lowest BCUT2D eigenvalue weighted by atomic mass is 9.87. The predicted octanol–water partition coefficient (Wildman–Crippen LogP) is 2.38. The minimum Gasteiger partial charge on any atom is -0.497 e. The van der Waals surface area contributed by atoms with Gasteiger partial charge in [-0.15, -0.1) is 0 Å². The van der Waals surface area contributed by atoms with Gasteiger partial charge in [-0.3, -0.25) is 0 Å². The van der Waals surface area contributed by atoms with E-state index in [1.807, 2.05) is 12.1 Å².